The molecule has 1 aromatic heterocycles. The fraction of sp³-hybridized carbons (Fsp3) is 0.261. The molecule has 4 nitrogen and oxygen atoms in total. The van der Waals surface area contributed by atoms with E-state index < -0.39 is 11.2 Å². The summed E-state index contributed by atoms with van der Waals surface area (Å²) in [6.45, 7) is 0. The molecule has 5 heteroatoms. The monoisotopic (exact) mass is 437 g/mol. The minimum atomic E-state index is -1.20. The summed E-state index contributed by atoms with van der Waals surface area (Å²) in [4.78, 5) is 4.25. The average molecular weight is 438 g/mol. The number of aromatic nitrogens is 1. The van der Waals surface area contributed by atoms with Gasteiger partial charge in [0.2, 0.25) is 0 Å². The number of halogens is 1. The zero-order valence-electron chi connectivity index (χ0n) is 15.4. The van der Waals surface area contributed by atoms with Crippen molar-refractivity contribution in [3.63, 3.8) is 0 Å². The molecular formula is C23H20BrNO3. The molecule has 2 aromatic carbocycles. The first-order valence-corrected chi connectivity index (χ1v) is 10.1. The summed E-state index contributed by atoms with van der Waals surface area (Å²) in [5, 5.41) is 12.2. The van der Waals surface area contributed by atoms with Crippen LogP contribution in [-0.2, 0) is 11.2 Å². The van der Waals surface area contributed by atoms with Crippen LogP contribution in [0.5, 0.6) is 11.5 Å². The predicted molar refractivity (Wildman–Crippen MR) is 110 cm³/mol. The normalized spacial score (nSPS) is 27.8. The van der Waals surface area contributed by atoms with E-state index in [1.165, 1.54) is 0 Å². The molecular weight excluding hydrogens is 418 g/mol. The van der Waals surface area contributed by atoms with Crippen molar-refractivity contribution in [3.8, 4) is 11.5 Å². The Labute approximate surface area is 172 Å². The van der Waals surface area contributed by atoms with Crippen molar-refractivity contribution >= 4 is 15.9 Å². The molecule has 0 amide bonds. The Bertz CT molecular complexity index is 1020. The van der Waals surface area contributed by atoms with Gasteiger partial charge in [-0.15, -0.1) is 0 Å². The Morgan fingerprint density at radius 1 is 1.11 bits per heavy atom. The van der Waals surface area contributed by atoms with Crippen molar-refractivity contribution in [2.75, 3.05) is 7.11 Å². The first-order chi connectivity index (χ1) is 13.6. The number of ether oxygens (including phenoxy) is 2. The Hall–Kier alpha value is -2.37. The lowest BCUT2D eigenvalue weighted by molar-refractivity contribution is -0.106. The van der Waals surface area contributed by atoms with Crippen LogP contribution in [0.3, 0.4) is 0 Å². The molecule has 142 valence electrons. The third-order valence-corrected chi connectivity index (χ3v) is 6.68. The zero-order valence-corrected chi connectivity index (χ0v) is 17.0. The number of hydrogen-bond donors (Lipinski definition) is 1. The van der Waals surface area contributed by atoms with Crippen LogP contribution in [0.2, 0.25) is 0 Å². The van der Waals surface area contributed by atoms with E-state index >= 15 is 0 Å². The van der Waals surface area contributed by atoms with E-state index in [0.717, 1.165) is 22.0 Å². The molecule has 2 heterocycles. The minimum absolute atomic E-state index is 0.00279. The molecule has 1 N–H and O–H groups in total. The van der Waals surface area contributed by atoms with E-state index in [1.54, 1.807) is 19.5 Å². The Balaban J connectivity index is 1.78. The standard InChI is InChI=1S/C23H20BrNO3/c1-27-19-13-25-14-20-21(19)22(26)12-11-18(15-5-3-2-4-6-15)23(22,28-20)16-7-9-17(24)10-8-16/h2-10,13-14,18,26H,11-12H2,1H3/t18-,22?,23?/m0/s1. The third-order valence-electron chi connectivity index (χ3n) is 6.16. The van der Waals surface area contributed by atoms with Gasteiger partial charge in [0.25, 0.3) is 0 Å². The first kappa shape index (κ1) is 17.7. The van der Waals surface area contributed by atoms with Crippen LogP contribution in [0.1, 0.15) is 35.4 Å². The second-order valence-electron chi connectivity index (χ2n) is 7.42. The van der Waals surface area contributed by atoms with Crippen LogP contribution in [0.15, 0.2) is 71.5 Å². The number of pyridine rings is 1. The van der Waals surface area contributed by atoms with Crippen LogP contribution in [0, 0.1) is 0 Å². The quantitative estimate of drug-likeness (QED) is 0.632. The Morgan fingerprint density at radius 2 is 1.86 bits per heavy atom. The van der Waals surface area contributed by atoms with E-state index in [0.29, 0.717) is 23.5 Å². The number of rotatable bonds is 3. The van der Waals surface area contributed by atoms with Crippen LogP contribution in [0.4, 0.5) is 0 Å². The molecule has 0 spiro atoms. The number of nitrogens with zero attached hydrogens (tertiary/aromatic N) is 1. The van der Waals surface area contributed by atoms with E-state index in [4.69, 9.17) is 9.47 Å². The lowest BCUT2D eigenvalue weighted by Gasteiger charge is -2.40. The van der Waals surface area contributed by atoms with Gasteiger partial charge in [0.15, 0.2) is 5.60 Å². The van der Waals surface area contributed by atoms with Gasteiger partial charge >= 0.3 is 0 Å². The van der Waals surface area contributed by atoms with Gasteiger partial charge in [-0.3, -0.25) is 4.98 Å². The van der Waals surface area contributed by atoms with Crippen molar-refractivity contribution in [1.29, 1.82) is 0 Å². The molecule has 1 aliphatic heterocycles. The van der Waals surface area contributed by atoms with Gasteiger partial charge in [-0.2, -0.15) is 0 Å². The summed E-state index contributed by atoms with van der Waals surface area (Å²) >= 11 is 3.52. The van der Waals surface area contributed by atoms with E-state index in [2.05, 4.69) is 33.0 Å². The lowest BCUT2D eigenvalue weighted by Crippen LogP contribution is -2.48. The molecule has 3 aromatic rings. The molecule has 2 aliphatic rings. The van der Waals surface area contributed by atoms with Crippen molar-refractivity contribution in [3.05, 3.63) is 88.2 Å². The number of fused-ring (bicyclic) bond motifs is 3. The summed E-state index contributed by atoms with van der Waals surface area (Å²) < 4.78 is 13.2. The molecule has 0 saturated heterocycles. The van der Waals surface area contributed by atoms with Gasteiger partial charge in [-0.1, -0.05) is 58.4 Å². The summed E-state index contributed by atoms with van der Waals surface area (Å²) in [6, 6.07) is 18.3. The van der Waals surface area contributed by atoms with Gasteiger partial charge in [0.05, 0.1) is 25.1 Å². The number of hydrogen-bond acceptors (Lipinski definition) is 4. The number of methoxy groups -OCH3 is 1. The van der Waals surface area contributed by atoms with Gasteiger partial charge in [0.1, 0.15) is 17.1 Å². The minimum Gasteiger partial charge on any atom is -0.495 e. The fourth-order valence-corrected chi connectivity index (χ4v) is 5.28. The SMILES string of the molecule is COc1cncc2c1C1(O)CC[C@@H](c3ccccc3)C1(c1ccc(Br)cc1)O2. The van der Waals surface area contributed by atoms with Crippen molar-refractivity contribution in [2.24, 2.45) is 0 Å². The number of benzene rings is 2. The van der Waals surface area contributed by atoms with Crippen LogP contribution >= 0.6 is 15.9 Å². The molecule has 5 rings (SSSR count). The third kappa shape index (κ3) is 2.23. The predicted octanol–water partition coefficient (Wildman–Crippen LogP) is 4.91. The van der Waals surface area contributed by atoms with Gasteiger partial charge < -0.3 is 14.6 Å². The van der Waals surface area contributed by atoms with Crippen LogP contribution < -0.4 is 9.47 Å². The van der Waals surface area contributed by atoms with Gasteiger partial charge in [0, 0.05) is 10.4 Å². The van der Waals surface area contributed by atoms with E-state index in [9.17, 15) is 5.11 Å². The maximum Gasteiger partial charge on any atom is 0.174 e. The summed E-state index contributed by atoms with van der Waals surface area (Å²) in [6.07, 6.45) is 4.71. The van der Waals surface area contributed by atoms with Gasteiger partial charge in [-0.25, -0.2) is 0 Å². The highest BCUT2D eigenvalue weighted by atomic mass is 79.9. The van der Waals surface area contributed by atoms with Crippen molar-refractivity contribution in [2.45, 2.75) is 30.0 Å². The summed E-state index contributed by atoms with van der Waals surface area (Å²) in [5.74, 6) is 1.15. The molecule has 3 atom stereocenters. The highest BCUT2D eigenvalue weighted by Crippen LogP contribution is 2.67. The highest BCUT2D eigenvalue weighted by molar-refractivity contribution is 9.10. The first-order valence-electron chi connectivity index (χ1n) is 9.35. The van der Waals surface area contributed by atoms with Crippen LogP contribution in [0.25, 0.3) is 0 Å². The topological polar surface area (TPSA) is 51.6 Å². The Morgan fingerprint density at radius 3 is 2.57 bits per heavy atom. The van der Waals surface area contributed by atoms with E-state index in [1.807, 2.05) is 42.5 Å². The van der Waals surface area contributed by atoms with Gasteiger partial charge in [-0.05, 0) is 36.1 Å². The van der Waals surface area contributed by atoms with E-state index in [-0.39, 0.29) is 5.92 Å². The molecule has 0 radical (unpaired) electrons. The van der Waals surface area contributed by atoms with Crippen molar-refractivity contribution < 1.29 is 14.6 Å². The fourth-order valence-electron chi connectivity index (χ4n) is 5.02. The molecule has 1 fully saturated rings. The molecule has 28 heavy (non-hydrogen) atoms. The maximum atomic E-state index is 12.2. The zero-order chi connectivity index (χ0) is 19.4. The number of aliphatic hydroxyl groups is 1. The maximum absolute atomic E-state index is 12.2. The second kappa shape index (κ2) is 6.33. The summed E-state index contributed by atoms with van der Waals surface area (Å²) in [5.41, 5.74) is 0.661. The van der Waals surface area contributed by atoms with Crippen LogP contribution in [-0.4, -0.2) is 17.2 Å². The smallest absolute Gasteiger partial charge is 0.174 e. The highest BCUT2D eigenvalue weighted by Gasteiger charge is 2.69. The lowest BCUT2D eigenvalue weighted by atomic mass is 9.72. The molecule has 0 bridgehead atoms. The Kier molecular flexibility index (Phi) is 4.00. The average Bonchev–Trinajstić information content (AvgIpc) is 3.16. The largest absolute Gasteiger partial charge is 0.495 e. The molecule has 2 unspecified atom stereocenters. The summed E-state index contributed by atoms with van der Waals surface area (Å²) in [7, 11) is 1.60. The second-order valence-corrected chi connectivity index (χ2v) is 8.34. The molecule has 1 saturated carbocycles. The van der Waals surface area contributed by atoms with Crippen molar-refractivity contribution in [1.82, 2.24) is 4.98 Å². The molecule has 1 aliphatic carbocycles.